The normalized spacial score (nSPS) is 10.5. The molecule has 0 fully saturated rings. The van der Waals surface area contributed by atoms with E-state index in [-0.39, 0.29) is 0 Å². The summed E-state index contributed by atoms with van der Waals surface area (Å²) in [6, 6.07) is 0. The van der Waals surface area contributed by atoms with Gasteiger partial charge in [0, 0.05) is 5.27 Å². The average molecular weight is 136 g/mol. The van der Waals surface area contributed by atoms with Gasteiger partial charge in [-0.05, 0) is 6.92 Å². The molecule has 0 saturated heterocycles. The van der Waals surface area contributed by atoms with Crippen LogP contribution in [0.4, 0.5) is 0 Å². The van der Waals surface area contributed by atoms with E-state index < -0.39 is 0 Å². The molecule has 5 nitrogen and oxygen atoms in total. The van der Waals surface area contributed by atoms with Crippen LogP contribution in [0.5, 0.6) is 0 Å². The van der Waals surface area contributed by atoms with Gasteiger partial charge < -0.3 is 4.52 Å². The van der Waals surface area contributed by atoms with Gasteiger partial charge in [-0.1, -0.05) is 0 Å². The summed E-state index contributed by atoms with van der Waals surface area (Å²) in [5.74, 6) is 0. The number of hydrogen-bond donors (Lipinski definition) is 0. The van der Waals surface area contributed by atoms with Crippen LogP contribution < -0.4 is 0 Å². The monoisotopic (exact) mass is 136 g/mol. The first-order chi connectivity index (χ1) is 4.88. The predicted octanol–water partition coefficient (Wildman–Crippen LogP) is 0.321. The Bertz CT molecular complexity index is 355. The largest absolute Gasteiger partial charge is 0.316 e. The summed E-state index contributed by atoms with van der Waals surface area (Å²) in [6.45, 7) is 1.83. The molecular weight excluding hydrogens is 132 g/mol. The fourth-order valence-corrected chi connectivity index (χ4v) is 0.727. The Morgan fingerprint density at radius 1 is 1.40 bits per heavy atom. The van der Waals surface area contributed by atoms with Crippen molar-refractivity contribution < 1.29 is 4.52 Å². The highest BCUT2D eigenvalue weighted by molar-refractivity contribution is 5.68. The molecule has 0 aliphatic carbocycles. The second kappa shape index (κ2) is 1.73. The Labute approximate surface area is 56.1 Å². The smallest absolute Gasteiger partial charge is 0.281 e. The van der Waals surface area contributed by atoms with Crippen LogP contribution in [0.1, 0.15) is 5.69 Å². The van der Waals surface area contributed by atoms with E-state index in [4.69, 9.17) is 0 Å². The van der Waals surface area contributed by atoms with Crippen molar-refractivity contribution in [2.75, 3.05) is 0 Å². The molecule has 0 saturated carbocycles. The number of nitrogens with zero attached hydrogens (tertiary/aromatic N) is 4. The zero-order valence-corrected chi connectivity index (χ0v) is 5.27. The molecule has 2 heterocycles. The number of fused-ring (bicyclic) bond motifs is 1. The Balaban J connectivity index is 2.95. The van der Waals surface area contributed by atoms with E-state index >= 15 is 0 Å². The maximum atomic E-state index is 4.69. The lowest BCUT2D eigenvalue weighted by Crippen LogP contribution is -1.83. The molecule has 2 rings (SSSR count). The zero-order valence-electron chi connectivity index (χ0n) is 5.27. The van der Waals surface area contributed by atoms with Crippen molar-refractivity contribution in [2.45, 2.75) is 6.92 Å². The van der Waals surface area contributed by atoms with Gasteiger partial charge in [-0.15, -0.1) is 5.10 Å². The first kappa shape index (κ1) is 5.28. The fraction of sp³-hybridized carbons (Fsp3) is 0.200. The average Bonchev–Trinajstić information content (AvgIpc) is 2.36. The summed E-state index contributed by atoms with van der Waals surface area (Å²) in [5.41, 5.74) is 1.85. The Hall–Kier alpha value is -1.52. The van der Waals surface area contributed by atoms with Crippen molar-refractivity contribution in [2.24, 2.45) is 0 Å². The lowest BCUT2D eigenvalue weighted by Gasteiger charge is -1.85. The molecule has 0 amide bonds. The maximum Gasteiger partial charge on any atom is 0.281 e. The van der Waals surface area contributed by atoms with Gasteiger partial charge in [0.25, 0.3) is 5.71 Å². The van der Waals surface area contributed by atoms with Gasteiger partial charge >= 0.3 is 0 Å². The lowest BCUT2D eigenvalue weighted by atomic mass is 10.4. The maximum absolute atomic E-state index is 4.69. The van der Waals surface area contributed by atoms with Crippen LogP contribution in [0.3, 0.4) is 0 Å². The number of hydrogen-bond acceptors (Lipinski definition) is 5. The molecule has 10 heavy (non-hydrogen) atoms. The molecule has 2 aromatic rings. The predicted molar refractivity (Wildman–Crippen MR) is 32.1 cm³/mol. The third kappa shape index (κ3) is 0.570. The molecule has 0 N–H and O–H groups in total. The highest BCUT2D eigenvalue weighted by atomic mass is 16.5. The first-order valence-corrected chi connectivity index (χ1v) is 2.77. The van der Waals surface area contributed by atoms with Crippen LogP contribution in [-0.4, -0.2) is 20.3 Å². The molecule has 50 valence electrons. The van der Waals surface area contributed by atoms with E-state index in [0.717, 1.165) is 5.69 Å². The van der Waals surface area contributed by atoms with Gasteiger partial charge in [0.1, 0.15) is 6.33 Å². The number of rotatable bonds is 0. The van der Waals surface area contributed by atoms with Crippen LogP contribution >= 0.6 is 0 Å². The van der Waals surface area contributed by atoms with Gasteiger partial charge in [-0.25, -0.2) is 4.98 Å². The summed E-state index contributed by atoms with van der Waals surface area (Å²) < 4.78 is 4.69. The fourth-order valence-electron chi connectivity index (χ4n) is 0.727. The molecule has 0 aliphatic heterocycles. The molecule has 0 radical (unpaired) electrons. The van der Waals surface area contributed by atoms with Crippen LogP contribution in [0, 0.1) is 6.92 Å². The van der Waals surface area contributed by atoms with Crippen molar-refractivity contribution in [3.8, 4) is 0 Å². The van der Waals surface area contributed by atoms with E-state index in [0.29, 0.717) is 11.2 Å². The lowest BCUT2D eigenvalue weighted by molar-refractivity contribution is 0.417. The van der Waals surface area contributed by atoms with Gasteiger partial charge in [0.15, 0.2) is 5.52 Å². The van der Waals surface area contributed by atoms with Gasteiger partial charge in [-0.2, -0.15) is 4.98 Å². The molecule has 0 aliphatic rings. The SMILES string of the molecule is Cc1ncnc2onnc12. The van der Waals surface area contributed by atoms with Crippen molar-refractivity contribution in [1.29, 1.82) is 0 Å². The van der Waals surface area contributed by atoms with E-state index in [1.54, 1.807) is 0 Å². The minimum absolute atomic E-state index is 0.438. The standard InChI is InChI=1S/C5H4N4O/c1-3-4-5(7-2-6-3)10-9-8-4/h2H,1H3. The second-order valence-electron chi connectivity index (χ2n) is 1.89. The highest BCUT2D eigenvalue weighted by Gasteiger charge is 2.03. The molecule has 0 spiro atoms. The minimum atomic E-state index is 0.438. The highest BCUT2D eigenvalue weighted by Crippen LogP contribution is 2.07. The third-order valence-electron chi connectivity index (χ3n) is 1.24. The third-order valence-corrected chi connectivity index (χ3v) is 1.24. The molecule has 5 heteroatoms. The summed E-state index contributed by atoms with van der Waals surface area (Å²) in [7, 11) is 0. The summed E-state index contributed by atoms with van der Waals surface area (Å²) in [5, 5.41) is 7.01. The summed E-state index contributed by atoms with van der Waals surface area (Å²) in [6.07, 6.45) is 1.42. The molecular formula is C5H4N4O. The van der Waals surface area contributed by atoms with E-state index in [2.05, 4.69) is 24.9 Å². The van der Waals surface area contributed by atoms with Crippen LogP contribution in [-0.2, 0) is 0 Å². The first-order valence-electron chi connectivity index (χ1n) is 2.77. The van der Waals surface area contributed by atoms with E-state index in [1.807, 2.05) is 6.92 Å². The van der Waals surface area contributed by atoms with Gasteiger partial charge in [-0.3, -0.25) is 0 Å². The van der Waals surface area contributed by atoms with E-state index in [9.17, 15) is 0 Å². The number of aromatic nitrogens is 4. The van der Waals surface area contributed by atoms with Crippen LogP contribution in [0.25, 0.3) is 11.2 Å². The van der Waals surface area contributed by atoms with Crippen molar-refractivity contribution in [3.63, 3.8) is 0 Å². The van der Waals surface area contributed by atoms with E-state index in [1.165, 1.54) is 6.33 Å². The zero-order chi connectivity index (χ0) is 6.97. The quantitative estimate of drug-likeness (QED) is 0.521. The molecule has 0 unspecified atom stereocenters. The summed E-state index contributed by atoms with van der Waals surface area (Å²) >= 11 is 0. The topological polar surface area (TPSA) is 64.7 Å². The Morgan fingerprint density at radius 2 is 2.30 bits per heavy atom. The molecule has 2 aromatic heterocycles. The minimum Gasteiger partial charge on any atom is -0.316 e. The van der Waals surface area contributed by atoms with Gasteiger partial charge in [0.2, 0.25) is 0 Å². The van der Waals surface area contributed by atoms with Crippen molar-refractivity contribution in [1.82, 2.24) is 20.3 Å². The Kier molecular flexibility index (Phi) is 0.913. The summed E-state index contributed by atoms with van der Waals surface area (Å²) in [4.78, 5) is 7.71. The Morgan fingerprint density at radius 3 is 3.10 bits per heavy atom. The van der Waals surface area contributed by atoms with Crippen molar-refractivity contribution in [3.05, 3.63) is 12.0 Å². The van der Waals surface area contributed by atoms with Gasteiger partial charge in [0.05, 0.1) is 5.69 Å². The number of aryl methyl sites for hydroxylation is 1. The van der Waals surface area contributed by atoms with Crippen LogP contribution in [0.2, 0.25) is 0 Å². The van der Waals surface area contributed by atoms with Crippen LogP contribution in [0.15, 0.2) is 10.9 Å². The molecule has 0 bridgehead atoms. The second-order valence-corrected chi connectivity index (χ2v) is 1.89. The molecule has 0 atom stereocenters. The van der Waals surface area contributed by atoms with Crippen molar-refractivity contribution >= 4 is 11.2 Å². The molecule has 0 aromatic carbocycles.